The number of carboxylic acids is 1. The second kappa shape index (κ2) is 13.2. The summed E-state index contributed by atoms with van der Waals surface area (Å²) in [6, 6.07) is 0. The molecule has 1 aliphatic rings. The van der Waals surface area contributed by atoms with E-state index in [1.165, 1.54) is 24.8 Å². The summed E-state index contributed by atoms with van der Waals surface area (Å²) in [6.07, 6.45) is 14.9. The van der Waals surface area contributed by atoms with Crippen LogP contribution in [0.4, 0.5) is 0 Å². The molecular formula is C28H52O4Si. The first kappa shape index (κ1) is 30.1. The van der Waals surface area contributed by atoms with Crippen molar-refractivity contribution in [3.8, 4) is 0 Å². The van der Waals surface area contributed by atoms with Crippen LogP contribution in [0.5, 0.6) is 0 Å². The van der Waals surface area contributed by atoms with E-state index in [4.69, 9.17) is 9.53 Å². The van der Waals surface area contributed by atoms with Crippen molar-refractivity contribution < 1.29 is 19.4 Å². The van der Waals surface area contributed by atoms with Crippen LogP contribution in [-0.4, -0.2) is 36.2 Å². The molecule has 1 unspecified atom stereocenters. The molecule has 2 N–H and O–H groups in total. The Morgan fingerprint density at radius 2 is 1.91 bits per heavy atom. The summed E-state index contributed by atoms with van der Waals surface area (Å²) >= 11 is 0. The fourth-order valence-corrected chi connectivity index (χ4v) is 6.28. The average Bonchev–Trinajstić information content (AvgIpc) is 3.05. The number of carboxylic acid groups (broad SMARTS) is 1. The Morgan fingerprint density at radius 1 is 1.24 bits per heavy atom. The van der Waals surface area contributed by atoms with Crippen molar-refractivity contribution in [3.63, 3.8) is 0 Å². The number of hydrogen-bond donors (Lipinski definition) is 2. The highest BCUT2D eigenvalue weighted by molar-refractivity contribution is 6.74. The van der Waals surface area contributed by atoms with Gasteiger partial charge in [0.15, 0.2) is 8.32 Å². The molecule has 5 heteroatoms. The van der Waals surface area contributed by atoms with Crippen LogP contribution in [0.1, 0.15) is 106 Å². The van der Waals surface area contributed by atoms with Gasteiger partial charge in [0.05, 0.1) is 11.7 Å². The van der Waals surface area contributed by atoms with Gasteiger partial charge in [0.2, 0.25) is 0 Å². The van der Waals surface area contributed by atoms with E-state index in [-0.39, 0.29) is 29.1 Å². The van der Waals surface area contributed by atoms with Gasteiger partial charge in [0, 0.05) is 12.3 Å². The average molecular weight is 481 g/mol. The maximum Gasteiger partial charge on any atom is 0.303 e. The Hall–Kier alpha value is -0.913. The molecule has 0 fully saturated rings. The molecule has 0 aromatic rings. The zero-order valence-corrected chi connectivity index (χ0v) is 23.7. The van der Waals surface area contributed by atoms with Crippen LogP contribution in [0.3, 0.4) is 0 Å². The molecule has 1 rings (SSSR count). The third-order valence-corrected chi connectivity index (χ3v) is 12.7. The minimum absolute atomic E-state index is 0.163. The fraction of sp³-hybridized carbons (Fsp3) is 0.821. The molecule has 192 valence electrons. The number of unbranched alkanes of at least 4 members (excludes halogenated alkanes) is 2. The standard InChI is InChI=1S/C28H52O4Si/c1-9-10-15-22(2)28(6,32-33(7,8)27(3,4)5)21-20-23-18-19-25(29)24(23)16-13-11-12-14-17-26(30)31/h11,13,18,22,24-25,29H,9-10,12,14-17,19-21H2,1-8H3,(H,30,31)/b13-11-/t22?,24-,25+,28+/m1/s1. The first-order valence-corrected chi connectivity index (χ1v) is 16.1. The van der Waals surface area contributed by atoms with E-state index in [1.807, 2.05) is 0 Å². The molecule has 0 aromatic carbocycles. The topological polar surface area (TPSA) is 66.8 Å². The van der Waals surface area contributed by atoms with E-state index in [9.17, 15) is 9.90 Å². The number of aliphatic hydroxyl groups is 1. The van der Waals surface area contributed by atoms with Gasteiger partial charge in [-0.1, -0.05) is 71.3 Å². The van der Waals surface area contributed by atoms with Gasteiger partial charge in [-0.15, -0.1) is 0 Å². The molecule has 33 heavy (non-hydrogen) atoms. The molecule has 4 nitrogen and oxygen atoms in total. The molecule has 0 amide bonds. The molecule has 0 saturated carbocycles. The summed E-state index contributed by atoms with van der Waals surface area (Å²) in [5, 5.41) is 19.5. The minimum atomic E-state index is -1.91. The third-order valence-electron chi connectivity index (χ3n) is 8.12. The molecule has 0 spiro atoms. The van der Waals surface area contributed by atoms with Gasteiger partial charge in [-0.25, -0.2) is 0 Å². The van der Waals surface area contributed by atoms with Crippen LogP contribution >= 0.6 is 0 Å². The second-order valence-electron chi connectivity index (χ2n) is 11.9. The molecule has 0 aromatic heterocycles. The van der Waals surface area contributed by atoms with Gasteiger partial charge in [0.1, 0.15) is 0 Å². The summed E-state index contributed by atoms with van der Waals surface area (Å²) in [6.45, 7) is 18.6. The predicted octanol–water partition coefficient (Wildman–Crippen LogP) is 7.88. The van der Waals surface area contributed by atoms with E-state index < -0.39 is 14.3 Å². The molecule has 1 aliphatic carbocycles. The maximum absolute atomic E-state index is 10.7. The van der Waals surface area contributed by atoms with Crippen molar-refractivity contribution in [2.75, 3.05) is 0 Å². The van der Waals surface area contributed by atoms with E-state index in [0.717, 1.165) is 32.1 Å². The summed E-state index contributed by atoms with van der Waals surface area (Å²) < 4.78 is 7.10. The Labute approximate surface area is 205 Å². The Morgan fingerprint density at radius 3 is 2.48 bits per heavy atom. The highest BCUT2D eigenvalue weighted by atomic mass is 28.4. The summed E-state index contributed by atoms with van der Waals surface area (Å²) in [5.41, 5.74) is 1.20. The number of hydrogen-bond acceptors (Lipinski definition) is 3. The molecule has 4 atom stereocenters. The fourth-order valence-electron chi connectivity index (χ4n) is 4.50. The van der Waals surface area contributed by atoms with Crippen LogP contribution in [0, 0.1) is 11.8 Å². The van der Waals surface area contributed by atoms with Crippen molar-refractivity contribution in [2.24, 2.45) is 11.8 Å². The van der Waals surface area contributed by atoms with Crippen LogP contribution in [-0.2, 0) is 9.22 Å². The lowest BCUT2D eigenvalue weighted by Gasteiger charge is -2.47. The maximum atomic E-state index is 10.7. The number of allylic oxidation sites excluding steroid dienone is 2. The van der Waals surface area contributed by atoms with Gasteiger partial charge in [-0.05, 0) is 75.9 Å². The largest absolute Gasteiger partial charge is 0.481 e. The van der Waals surface area contributed by atoms with E-state index >= 15 is 0 Å². The van der Waals surface area contributed by atoms with Crippen molar-refractivity contribution in [1.29, 1.82) is 0 Å². The minimum Gasteiger partial charge on any atom is -0.481 e. The summed E-state index contributed by atoms with van der Waals surface area (Å²) in [4.78, 5) is 10.7. The molecule has 0 heterocycles. The van der Waals surface area contributed by atoms with Crippen LogP contribution < -0.4 is 0 Å². The zero-order chi connectivity index (χ0) is 25.3. The van der Waals surface area contributed by atoms with Crippen molar-refractivity contribution in [3.05, 3.63) is 23.8 Å². The normalized spacial score (nSPS) is 22.4. The van der Waals surface area contributed by atoms with E-state index in [0.29, 0.717) is 12.3 Å². The molecule has 0 saturated heterocycles. The van der Waals surface area contributed by atoms with Crippen LogP contribution in [0.2, 0.25) is 18.1 Å². The van der Waals surface area contributed by atoms with Crippen LogP contribution in [0.15, 0.2) is 23.8 Å². The first-order valence-electron chi connectivity index (χ1n) is 13.2. The van der Waals surface area contributed by atoms with Gasteiger partial charge in [0.25, 0.3) is 0 Å². The molecule has 0 bridgehead atoms. The summed E-state index contributed by atoms with van der Waals surface area (Å²) in [7, 11) is -1.91. The first-order chi connectivity index (χ1) is 15.2. The number of aliphatic hydroxyl groups excluding tert-OH is 1. The van der Waals surface area contributed by atoms with Gasteiger partial charge in [-0.2, -0.15) is 0 Å². The Kier molecular flexibility index (Phi) is 12.1. The number of carbonyl (C=O) groups is 1. The Bertz CT molecular complexity index is 661. The second-order valence-corrected chi connectivity index (χ2v) is 16.6. The van der Waals surface area contributed by atoms with Gasteiger partial charge >= 0.3 is 5.97 Å². The van der Waals surface area contributed by atoms with Crippen molar-refractivity contribution in [1.82, 2.24) is 0 Å². The number of aliphatic carboxylic acids is 1. The zero-order valence-electron chi connectivity index (χ0n) is 22.7. The van der Waals surface area contributed by atoms with E-state index in [1.54, 1.807) is 0 Å². The van der Waals surface area contributed by atoms with Crippen molar-refractivity contribution in [2.45, 2.75) is 136 Å². The molecular weight excluding hydrogens is 428 g/mol. The molecule has 0 aliphatic heterocycles. The van der Waals surface area contributed by atoms with E-state index in [2.05, 4.69) is 72.9 Å². The monoisotopic (exact) mass is 480 g/mol. The predicted molar refractivity (Wildman–Crippen MR) is 142 cm³/mol. The number of rotatable bonds is 15. The SMILES string of the molecule is CCCCC(C)[C@](C)(CCC1=CC[C@H](O)[C@@H]1C/C=C\CCCC(=O)O)O[Si](C)(C)C(C)(C)C. The Balaban J connectivity index is 2.84. The third kappa shape index (κ3) is 9.69. The molecule has 0 radical (unpaired) electrons. The lowest BCUT2D eigenvalue weighted by Crippen LogP contribution is -2.51. The van der Waals surface area contributed by atoms with Gasteiger partial charge < -0.3 is 14.6 Å². The highest BCUT2D eigenvalue weighted by Crippen LogP contribution is 2.44. The quantitative estimate of drug-likeness (QED) is 0.142. The van der Waals surface area contributed by atoms with Crippen molar-refractivity contribution >= 4 is 14.3 Å². The van der Waals surface area contributed by atoms with Gasteiger partial charge in [-0.3, -0.25) is 4.79 Å². The highest BCUT2D eigenvalue weighted by Gasteiger charge is 2.45. The lowest BCUT2D eigenvalue weighted by atomic mass is 9.81. The summed E-state index contributed by atoms with van der Waals surface area (Å²) in [5.74, 6) is -0.0779. The van der Waals surface area contributed by atoms with Crippen LogP contribution in [0.25, 0.3) is 0 Å². The smallest absolute Gasteiger partial charge is 0.303 e. The lowest BCUT2D eigenvalue weighted by molar-refractivity contribution is -0.137.